The molecule has 2 aromatic heterocycles. The van der Waals surface area contributed by atoms with E-state index in [1.807, 2.05) is 13.0 Å². The SMILES string of the molecule is Cc1nc(CC2CCN(Cc3cc4cc(F)ccc4n3C)CC2)no1. The highest BCUT2D eigenvalue weighted by molar-refractivity contribution is 5.81. The van der Waals surface area contributed by atoms with Crippen molar-refractivity contribution in [3.63, 3.8) is 0 Å². The van der Waals surface area contributed by atoms with E-state index in [9.17, 15) is 4.39 Å². The topological polar surface area (TPSA) is 47.1 Å². The molecule has 0 N–H and O–H groups in total. The van der Waals surface area contributed by atoms with Gasteiger partial charge in [0.2, 0.25) is 5.89 Å². The average molecular weight is 342 g/mol. The zero-order chi connectivity index (χ0) is 17.4. The number of aromatic nitrogens is 3. The number of hydrogen-bond donors (Lipinski definition) is 0. The first-order valence-corrected chi connectivity index (χ1v) is 8.84. The van der Waals surface area contributed by atoms with Gasteiger partial charge >= 0.3 is 0 Å². The second-order valence-corrected chi connectivity index (χ2v) is 7.05. The number of benzene rings is 1. The minimum atomic E-state index is -0.179. The standard InChI is InChI=1S/C19H23FN4O/c1-13-21-19(22-25-13)9-14-5-7-24(8-6-14)12-17-11-15-10-16(20)3-4-18(15)23(17)2/h3-4,10-11,14H,5-9,12H2,1-2H3. The highest BCUT2D eigenvalue weighted by Crippen LogP contribution is 2.25. The quantitative estimate of drug-likeness (QED) is 0.728. The lowest BCUT2D eigenvalue weighted by Crippen LogP contribution is -2.34. The van der Waals surface area contributed by atoms with Gasteiger partial charge in [0.1, 0.15) is 5.82 Å². The Labute approximate surface area is 146 Å². The third-order valence-electron chi connectivity index (χ3n) is 5.24. The number of fused-ring (bicyclic) bond motifs is 1. The van der Waals surface area contributed by atoms with Crippen LogP contribution in [0.25, 0.3) is 10.9 Å². The van der Waals surface area contributed by atoms with Crippen LogP contribution in [-0.4, -0.2) is 32.7 Å². The van der Waals surface area contributed by atoms with E-state index in [4.69, 9.17) is 4.52 Å². The molecule has 0 amide bonds. The van der Waals surface area contributed by atoms with Gasteiger partial charge < -0.3 is 9.09 Å². The van der Waals surface area contributed by atoms with E-state index >= 15 is 0 Å². The van der Waals surface area contributed by atoms with Gasteiger partial charge in [-0.15, -0.1) is 0 Å². The third kappa shape index (κ3) is 3.44. The van der Waals surface area contributed by atoms with Crippen molar-refractivity contribution in [2.24, 2.45) is 13.0 Å². The maximum absolute atomic E-state index is 13.4. The molecule has 25 heavy (non-hydrogen) atoms. The van der Waals surface area contributed by atoms with Crippen molar-refractivity contribution in [1.82, 2.24) is 19.6 Å². The first kappa shape index (κ1) is 16.3. The van der Waals surface area contributed by atoms with Crippen molar-refractivity contribution in [3.05, 3.63) is 47.5 Å². The molecule has 0 aliphatic carbocycles. The Kier molecular flexibility index (Phi) is 4.29. The van der Waals surface area contributed by atoms with Crippen LogP contribution in [0.2, 0.25) is 0 Å². The number of piperidine rings is 1. The summed E-state index contributed by atoms with van der Waals surface area (Å²) in [6.07, 6.45) is 3.19. The summed E-state index contributed by atoms with van der Waals surface area (Å²) in [5.41, 5.74) is 2.31. The Balaban J connectivity index is 1.38. The van der Waals surface area contributed by atoms with E-state index in [2.05, 4.69) is 32.7 Å². The molecule has 3 heterocycles. The molecule has 0 spiro atoms. The van der Waals surface area contributed by atoms with Crippen molar-refractivity contribution in [2.75, 3.05) is 13.1 Å². The zero-order valence-corrected chi connectivity index (χ0v) is 14.7. The Morgan fingerprint density at radius 1 is 1.24 bits per heavy atom. The minimum Gasteiger partial charge on any atom is -0.346 e. The van der Waals surface area contributed by atoms with Crippen molar-refractivity contribution in [1.29, 1.82) is 0 Å². The highest BCUT2D eigenvalue weighted by Gasteiger charge is 2.22. The fourth-order valence-electron chi connectivity index (χ4n) is 3.79. The second kappa shape index (κ2) is 6.59. The van der Waals surface area contributed by atoms with Crippen LogP contribution in [0.3, 0.4) is 0 Å². The summed E-state index contributed by atoms with van der Waals surface area (Å²) in [7, 11) is 2.06. The molecule has 132 valence electrons. The van der Waals surface area contributed by atoms with Gasteiger partial charge in [-0.25, -0.2) is 4.39 Å². The van der Waals surface area contributed by atoms with E-state index in [0.717, 1.165) is 55.6 Å². The van der Waals surface area contributed by atoms with Gasteiger partial charge in [0.05, 0.1) is 0 Å². The number of rotatable bonds is 4. The molecule has 1 aliphatic rings. The van der Waals surface area contributed by atoms with Crippen molar-refractivity contribution in [3.8, 4) is 0 Å². The summed E-state index contributed by atoms with van der Waals surface area (Å²) < 4.78 is 20.6. The molecule has 0 unspecified atom stereocenters. The third-order valence-corrected chi connectivity index (χ3v) is 5.24. The normalized spacial score (nSPS) is 16.8. The van der Waals surface area contributed by atoms with Gasteiger partial charge in [-0.05, 0) is 56.1 Å². The molecule has 5 nitrogen and oxygen atoms in total. The van der Waals surface area contributed by atoms with Crippen molar-refractivity contribution in [2.45, 2.75) is 32.7 Å². The Morgan fingerprint density at radius 3 is 2.76 bits per heavy atom. The largest absolute Gasteiger partial charge is 0.346 e. The fourth-order valence-corrected chi connectivity index (χ4v) is 3.79. The molecule has 4 rings (SSSR count). The number of aryl methyl sites for hydroxylation is 2. The minimum absolute atomic E-state index is 0.179. The maximum Gasteiger partial charge on any atom is 0.223 e. The van der Waals surface area contributed by atoms with Crippen LogP contribution in [0, 0.1) is 18.7 Å². The van der Waals surface area contributed by atoms with Crippen LogP contribution in [0.15, 0.2) is 28.8 Å². The van der Waals surface area contributed by atoms with Crippen LogP contribution in [0.5, 0.6) is 0 Å². The molecule has 1 saturated heterocycles. The summed E-state index contributed by atoms with van der Waals surface area (Å²) in [4.78, 5) is 6.78. The molecule has 1 fully saturated rings. The molecule has 3 aromatic rings. The number of likely N-dealkylation sites (tertiary alicyclic amines) is 1. The van der Waals surface area contributed by atoms with Gasteiger partial charge in [0.25, 0.3) is 0 Å². The fraction of sp³-hybridized carbons (Fsp3) is 0.474. The van der Waals surface area contributed by atoms with E-state index in [1.165, 1.54) is 11.8 Å². The second-order valence-electron chi connectivity index (χ2n) is 7.05. The van der Waals surface area contributed by atoms with Crippen LogP contribution >= 0.6 is 0 Å². The van der Waals surface area contributed by atoms with Crippen LogP contribution in [0.1, 0.15) is 30.3 Å². The van der Waals surface area contributed by atoms with Crippen LogP contribution < -0.4 is 0 Å². The Morgan fingerprint density at radius 2 is 2.04 bits per heavy atom. The number of hydrogen-bond acceptors (Lipinski definition) is 4. The van der Waals surface area contributed by atoms with Gasteiger partial charge in [0.15, 0.2) is 5.82 Å². The van der Waals surface area contributed by atoms with E-state index in [0.29, 0.717) is 11.8 Å². The first-order chi connectivity index (χ1) is 12.1. The van der Waals surface area contributed by atoms with Crippen molar-refractivity contribution < 1.29 is 8.91 Å². The summed E-state index contributed by atoms with van der Waals surface area (Å²) in [6, 6.07) is 7.09. The van der Waals surface area contributed by atoms with Gasteiger partial charge in [-0.1, -0.05) is 5.16 Å². The predicted molar refractivity (Wildman–Crippen MR) is 93.6 cm³/mol. The zero-order valence-electron chi connectivity index (χ0n) is 14.7. The molecular weight excluding hydrogens is 319 g/mol. The predicted octanol–water partition coefficient (Wildman–Crippen LogP) is 3.46. The number of nitrogens with zero attached hydrogens (tertiary/aromatic N) is 4. The van der Waals surface area contributed by atoms with Crippen LogP contribution in [0.4, 0.5) is 4.39 Å². The van der Waals surface area contributed by atoms with Gasteiger partial charge in [-0.3, -0.25) is 4.90 Å². The molecule has 0 saturated carbocycles. The maximum atomic E-state index is 13.4. The smallest absolute Gasteiger partial charge is 0.223 e. The molecule has 1 aliphatic heterocycles. The van der Waals surface area contributed by atoms with Crippen molar-refractivity contribution >= 4 is 10.9 Å². The van der Waals surface area contributed by atoms with E-state index < -0.39 is 0 Å². The molecule has 0 bridgehead atoms. The van der Waals surface area contributed by atoms with Gasteiger partial charge in [-0.2, -0.15) is 4.98 Å². The molecule has 0 radical (unpaired) electrons. The lowest BCUT2D eigenvalue weighted by Gasteiger charge is -2.31. The monoisotopic (exact) mass is 342 g/mol. The van der Waals surface area contributed by atoms with Gasteiger partial charge in [0, 0.05) is 43.5 Å². The summed E-state index contributed by atoms with van der Waals surface area (Å²) in [5, 5.41) is 4.98. The first-order valence-electron chi connectivity index (χ1n) is 8.84. The summed E-state index contributed by atoms with van der Waals surface area (Å²) in [6.45, 7) is 4.87. The van der Waals surface area contributed by atoms with Crippen LogP contribution in [-0.2, 0) is 20.0 Å². The number of halogens is 1. The lowest BCUT2D eigenvalue weighted by atomic mass is 9.93. The summed E-state index contributed by atoms with van der Waals surface area (Å²) >= 11 is 0. The van der Waals surface area contributed by atoms with E-state index in [1.54, 1.807) is 6.07 Å². The summed E-state index contributed by atoms with van der Waals surface area (Å²) in [5.74, 6) is 1.91. The Bertz CT molecular complexity index is 877. The molecule has 0 atom stereocenters. The Hall–Kier alpha value is -2.21. The molecular formula is C19H23FN4O. The van der Waals surface area contributed by atoms with E-state index in [-0.39, 0.29) is 5.82 Å². The average Bonchev–Trinajstić information content (AvgIpc) is 3.13. The molecule has 6 heteroatoms. The molecule has 1 aromatic carbocycles. The lowest BCUT2D eigenvalue weighted by molar-refractivity contribution is 0.172. The highest BCUT2D eigenvalue weighted by atomic mass is 19.1.